The van der Waals surface area contributed by atoms with Crippen molar-refractivity contribution in [1.29, 1.82) is 0 Å². The van der Waals surface area contributed by atoms with Gasteiger partial charge >= 0.3 is 0 Å². The number of carbonyl (C=O) groups is 1. The molecule has 2 N–H and O–H groups in total. The molecule has 5 heteroatoms. The number of pyridine rings is 1. The second-order valence-corrected chi connectivity index (χ2v) is 5.83. The highest BCUT2D eigenvalue weighted by molar-refractivity contribution is 5.94. The number of amides is 1. The van der Waals surface area contributed by atoms with E-state index in [9.17, 15) is 9.59 Å². The summed E-state index contributed by atoms with van der Waals surface area (Å²) in [7, 11) is 0. The minimum Gasteiger partial charge on any atom is -0.376 e. The number of aromatic amines is 1. The lowest BCUT2D eigenvalue weighted by Gasteiger charge is -2.10. The number of nitrogens with one attached hydrogen (secondary N) is 2. The lowest BCUT2D eigenvalue weighted by Crippen LogP contribution is -2.35. The van der Waals surface area contributed by atoms with Gasteiger partial charge in [-0.2, -0.15) is 0 Å². The molecule has 1 fully saturated rings. The molecule has 0 saturated carbocycles. The summed E-state index contributed by atoms with van der Waals surface area (Å²) in [6, 6.07) is 11.2. The fraction of sp³-hybridized carbons (Fsp3) is 0.333. The minimum absolute atomic E-state index is 0.0598. The standard InChI is InChI=1S/C18H20N2O3/c1-12-4-2-5-13(10-12)16-8-7-15(18(22)20-16)17(21)19-11-14-6-3-9-23-14/h2,4-5,7-8,10,14H,3,6,9,11H2,1H3,(H,19,21)(H,20,22)/t14-/m0/s1. The van der Waals surface area contributed by atoms with Crippen LogP contribution in [0.2, 0.25) is 0 Å². The topological polar surface area (TPSA) is 71.2 Å². The SMILES string of the molecule is Cc1cccc(-c2ccc(C(=O)NC[C@@H]3CCCO3)c(=O)[nH]2)c1. The fourth-order valence-corrected chi connectivity index (χ4v) is 2.74. The van der Waals surface area contributed by atoms with Crippen LogP contribution in [0.1, 0.15) is 28.8 Å². The van der Waals surface area contributed by atoms with E-state index in [0.29, 0.717) is 12.2 Å². The highest BCUT2D eigenvalue weighted by Crippen LogP contribution is 2.17. The summed E-state index contributed by atoms with van der Waals surface area (Å²) in [5, 5.41) is 2.77. The Balaban J connectivity index is 1.73. The predicted octanol–water partition coefficient (Wildman–Crippen LogP) is 2.26. The van der Waals surface area contributed by atoms with Gasteiger partial charge in [-0.1, -0.05) is 23.8 Å². The molecule has 0 unspecified atom stereocenters. The van der Waals surface area contributed by atoms with Gasteiger partial charge in [-0.05, 0) is 43.5 Å². The van der Waals surface area contributed by atoms with E-state index in [2.05, 4.69) is 10.3 Å². The number of carbonyl (C=O) groups excluding carboxylic acids is 1. The van der Waals surface area contributed by atoms with E-state index < -0.39 is 0 Å². The summed E-state index contributed by atoms with van der Waals surface area (Å²) in [5.74, 6) is -0.363. The Morgan fingerprint density at radius 3 is 2.91 bits per heavy atom. The first-order valence-electron chi connectivity index (χ1n) is 7.83. The Morgan fingerprint density at radius 2 is 2.22 bits per heavy atom. The summed E-state index contributed by atoms with van der Waals surface area (Å²) in [6.07, 6.45) is 2.03. The Morgan fingerprint density at radius 1 is 1.35 bits per heavy atom. The second kappa shape index (κ2) is 6.79. The maximum absolute atomic E-state index is 12.2. The molecule has 1 amide bonds. The van der Waals surface area contributed by atoms with E-state index in [1.807, 2.05) is 31.2 Å². The highest BCUT2D eigenvalue weighted by Gasteiger charge is 2.18. The van der Waals surface area contributed by atoms with Gasteiger partial charge in [0.25, 0.3) is 11.5 Å². The average Bonchev–Trinajstić information content (AvgIpc) is 3.06. The van der Waals surface area contributed by atoms with Crippen LogP contribution >= 0.6 is 0 Å². The summed E-state index contributed by atoms with van der Waals surface area (Å²) in [5.41, 5.74) is 2.48. The molecule has 0 radical (unpaired) electrons. The van der Waals surface area contributed by atoms with Crippen LogP contribution in [-0.2, 0) is 4.74 Å². The van der Waals surface area contributed by atoms with Gasteiger partial charge < -0.3 is 15.0 Å². The number of ether oxygens (including phenoxy) is 1. The van der Waals surface area contributed by atoms with E-state index in [0.717, 1.165) is 30.6 Å². The molecule has 120 valence electrons. The zero-order valence-electron chi connectivity index (χ0n) is 13.1. The summed E-state index contributed by atoms with van der Waals surface area (Å²) < 4.78 is 5.46. The van der Waals surface area contributed by atoms with Gasteiger partial charge in [-0.3, -0.25) is 9.59 Å². The fourth-order valence-electron chi connectivity index (χ4n) is 2.74. The van der Waals surface area contributed by atoms with E-state index in [1.165, 1.54) is 0 Å². The van der Waals surface area contributed by atoms with E-state index in [-0.39, 0.29) is 23.1 Å². The van der Waals surface area contributed by atoms with Crippen molar-refractivity contribution in [3.63, 3.8) is 0 Å². The van der Waals surface area contributed by atoms with Crippen LogP contribution in [-0.4, -0.2) is 30.1 Å². The first kappa shape index (κ1) is 15.5. The molecule has 1 aromatic heterocycles. The van der Waals surface area contributed by atoms with Crippen LogP contribution in [0.3, 0.4) is 0 Å². The molecule has 1 saturated heterocycles. The van der Waals surface area contributed by atoms with Crippen molar-refractivity contribution in [2.75, 3.05) is 13.2 Å². The summed E-state index contributed by atoms with van der Waals surface area (Å²) in [6.45, 7) is 3.18. The largest absolute Gasteiger partial charge is 0.376 e. The first-order chi connectivity index (χ1) is 11.1. The van der Waals surface area contributed by atoms with E-state index in [1.54, 1.807) is 12.1 Å². The molecular formula is C18H20N2O3. The molecule has 3 rings (SSSR count). The lowest BCUT2D eigenvalue weighted by molar-refractivity contribution is 0.0856. The molecule has 23 heavy (non-hydrogen) atoms. The maximum atomic E-state index is 12.2. The van der Waals surface area contributed by atoms with Gasteiger partial charge in [-0.15, -0.1) is 0 Å². The number of hydrogen-bond donors (Lipinski definition) is 2. The van der Waals surface area contributed by atoms with Crippen molar-refractivity contribution in [2.24, 2.45) is 0 Å². The number of benzene rings is 1. The van der Waals surface area contributed by atoms with Crippen LogP contribution in [0.5, 0.6) is 0 Å². The van der Waals surface area contributed by atoms with Crippen LogP contribution in [0.15, 0.2) is 41.2 Å². The highest BCUT2D eigenvalue weighted by atomic mass is 16.5. The zero-order valence-corrected chi connectivity index (χ0v) is 13.1. The molecule has 0 spiro atoms. The molecule has 1 aliphatic rings. The van der Waals surface area contributed by atoms with Crippen molar-refractivity contribution >= 4 is 5.91 Å². The van der Waals surface area contributed by atoms with Gasteiger partial charge in [0, 0.05) is 18.8 Å². The molecule has 1 aromatic carbocycles. The van der Waals surface area contributed by atoms with E-state index >= 15 is 0 Å². The molecule has 0 aliphatic carbocycles. The van der Waals surface area contributed by atoms with Crippen molar-refractivity contribution in [1.82, 2.24) is 10.3 Å². The van der Waals surface area contributed by atoms with Gasteiger partial charge in [-0.25, -0.2) is 0 Å². The maximum Gasteiger partial charge on any atom is 0.261 e. The van der Waals surface area contributed by atoms with Crippen LogP contribution in [0, 0.1) is 6.92 Å². The van der Waals surface area contributed by atoms with Crippen molar-refractivity contribution in [2.45, 2.75) is 25.9 Å². The molecule has 2 heterocycles. The van der Waals surface area contributed by atoms with Crippen molar-refractivity contribution < 1.29 is 9.53 Å². The van der Waals surface area contributed by atoms with Gasteiger partial charge in [0.15, 0.2) is 0 Å². The van der Waals surface area contributed by atoms with Gasteiger partial charge in [0.2, 0.25) is 0 Å². The third-order valence-electron chi connectivity index (χ3n) is 4.00. The normalized spacial score (nSPS) is 17.2. The Labute approximate surface area is 134 Å². The molecule has 2 aromatic rings. The second-order valence-electron chi connectivity index (χ2n) is 5.83. The van der Waals surface area contributed by atoms with Crippen molar-refractivity contribution in [3.05, 3.63) is 57.9 Å². The molecule has 1 aliphatic heterocycles. The summed E-state index contributed by atoms with van der Waals surface area (Å²) in [4.78, 5) is 27.1. The van der Waals surface area contributed by atoms with Crippen LogP contribution < -0.4 is 10.9 Å². The third kappa shape index (κ3) is 3.68. The Kier molecular flexibility index (Phi) is 4.57. The van der Waals surface area contributed by atoms with Crippen LogP contribution in [0.25, 0.3) is 11.3 Å². The molecular weight excluding hydrogens is 292 g/mol. The zero-order chi connectivity index (χ0) is 16.2. The molecule has 5 nitrogen and oxygen atoms in total. The Bertz CT molecular complexity index is 761. The first-order valence-corrected chi connectivity index (χ1v) is 7.83. The number of aryl methyl sites for hydroxylation is 1. The van der Waals surface area contributed by atoms with Gasteiger partial charge in [0.1, 0.15) is 5.56 Å². The predicted molar refractivity (Wildman–Crippen MR) is 88.5 cm³/mol. The lowest BCUT2D eigenvalue weighted by atomic mass is 10.1. The number of aromatic nitrogens is 1. The smallest absolute Gasteiger partial charge is 0.261 e. The summed E-state index contributed by atoms with van der Waals surface area (Å²) >= 11 is 0. The number of hydrogen-bond acceptors (Lipinski definition) is 3. The van der Waals surface area contributed by atoms with Crippen LogP contribution in [0.4, 0.5) is 0 Å². The van der Waals surface area contributed by atoms with Crippen molar-refractivity contribution in [3.8, 4) is 11.3 Å². The number of rotatable bonds is 4. The Hall–Kier alpha value is -2.40. The van der Waals surface area contributed by atoms with Gasteiger partial charge in [0.05, 0.1) is 6.10 Å². The third-order valence-corrected chi connectivity index (χ3v) is 4.00. The minimum atomic E-state index is -0.381. The average molecular weight is 312 g/mol. The molecule has 1 atom stereocenters. The van der Waals surface area contributed by atoms with E-state index in [4.69, 9.17) is 4.74 Å². The quantitative estimate of drug-likeness (QED) is 0.909. The number of H-pyrrole nitrogens is 1. The molecule has 0 bridgehead atoms. The monoisotopic (exact) mass is 312 g/mol.